The molecule has 2 heterocycles. The minimum absolute atomic E-state index is 0.0945. The van der Waals surface area contributed by atoms with E-state index < -0.39 is 11.8 Å². The van der Waals surface area contributed by atoms with Gasteiger partial charge < -0.3 is 19.1 Å². The van der Waals surface area contributed by atoms with Crippen LogP contribution in [0.25, 0.3) is 11.3 Å². The van der Waals surface area contributed by atoms with E-state index in [9.17, 15) is 9.18 Å². The lowest BCUT2D eigenvalue weighted by Crippen LogP contribution is -2.11. The Morgan fingerprint density at radius 2 is 2.21 bits per heavy atom. The maximum atomic E-state index is 13.9. The first-order chi connectivity index (χ1) is 9.15. The topological polar surface area (TPSA) is 81.8 Å². The molecule has 0 atom stereocenters. The van der Waals surface area contributed by atoms with Crippen molar-refractivity contribution in [2.75, 3.05) is 6.79 Å². The fourth-order valence-electron chi connectivity index (χ4n) is 1.80. The smallest absolute Gasteiger partial charge is 0.374 e. The molecule has 0 aliphatic carbocycles. The van der Waals surface area contributed by atoms with Crippen LogP contribution in [0.4, 0.5) is 4.39 Å². The summed E-state index contributed by atoms with van der Waals surface area (Å²) in [7, 11) is 0. The number of benzene rings is 1. The highest BCUT2D eigenvalue weighted by Gasteiger charge is 2.19. The van der Waals surface area contributed by atoms with Gasteiger partial charge in [-0.15, -0.1) is 0 Å². The van der Waals surface area contributed by atoms with E-state index in [1.54, 1.807) is 0 Å². The quantitative estimate of drug-likeness (QED) is 0.894. The zero-order chi connectivity index (χ0) is 13.4. The molecule has 6 nitrogen and oxygen atoms in total. The third kappa shape index (κ3) is 2.04. The Labute approximate surface area is 106 Å². The van der Waals surface area contributed by atoms with E-state index in [0.717, 1.165) is 6.07 Å². The third-order valence-electron chi connectivity index (χ3n) is 2.70. The summed E-state index contributed by atoms with van der Waals surface area (Å²) < 4.78 is 28.8. The van der Waals surface area contributed by atoms with Crippen molar-refractivity contribution in [3.8, 4) is 17.0 Å². The van der Waals surface area contributed by atoms with Crippen LogP contribution < -0.4 is 4.74 Å². The fraction of sp³-hybridized carbons (Fsp3) is 0.167. The van der Waals surface area contributed by atoms with Crippen LogP contribution in [0.3, 0.4) is 0 Å². The van der Waals surface area contributed by atoms with Crippen molar-refractivity contribution < 1.29 is 28.3 Å². The van der Waals surface area contributed by atoms with E-state index in [1.807, 2.05) is 0 Å². The zero-order valence-corrected chi connectivity index (χ0v) is 9.55. The molecule has 0 fully saturated rings. The molecule has 3 rings (SSSR count). The normalized spacial score (nSPS) is 13.7. The summed E-state index contributed by atoms with van der Waals surface area (Å²) in [6.45, 7) is 0.364. The summed E-state index contributed by atoms with van der Waals surface area (Å²) in [5.41, 5.74) is 0.819. The first-order valence-electron chi connectivity index (χ1n) is 5.38. The van der Waals surface area contributed by atoms with Crippen molar-refractivity contribution in [1.82, 2.24) is 5.16 Å². The number of fused-ring (bicyclic) bond motifs is 1. The van der Waals surface area contributed by atoms with Crippen LogP contribution in [0.15, 0.2) is 22.7 Å². The molecule has 0 amide bonds. The van der Waals surface area contributed by atoms with E-state index in [2.05, 4.69) is 9.68 Å². The molecule has 0 bridgehead atoms. The van der Waals surface area contributed by atoms with Crippen LogP contribution in [0.2, 0.25) is 0 Å². The number of aromatic nitrogens is 1. The molecule has 2 aromatic rings. The average Bonchev–Trinajstić information content (AvgIpc) is 2.87. The Balaban J connectivity index is 2.06. The zero-order valence-electron chi connectivity index (χ0n) is 9.55. The average molecular weight is 265 g/mol. The Kier molecular flexibility index (Phi) is 2.68. The van der Waals surface area contributed by atoms with Gasteiger partial charge in [0.05, 0.1) is 6.61 Å². The van der Waals surface area contributed by atoms with E-state index in [4.69, 9.17) is 14.6 Å². The Bertz CT molecular complexity index is 652. The highest BCUT2D eigenvalue weighted by atomic mass is 19.1. The lowest BCUT2D eigenvalue weighted by molar-refractivity contribution is -0.0165. The van der Waals surface area contributed by atoms with Gasteiger partial charge in [0.2, 0.25) is 5.76 Å². The number of ether oxygens (including phenoxy) is 2. The molecule has 0 unspecified atom stereocenters. The van der Waals surface area contributed by atoms with E-state index in [0.29, 0.717) is 11.3 Å². The van der Waals surface area contributed by atoms with Crippen molar-refractivity contribution in [2.45, 2.75) is 6.61 Å². The van der Waals surface area contributed by atoms with Gasteiger partial charge in [0.1, 0.15) is 17.3 Å². The maximum absolute atomic E-state index is 13.9. The van der Waals surface area contributed by atoms with E-state index >= 15 is 0 Å². The lowest BCUT2D eigenvalue weighted by atomic mass is 10.1. The van der Waals surface area contributed by atoms with Crippen LogP contribution >= 0.6 is 0 Å². The van der Waals surface area contributed by atoms with Gasteiger partial charge in [0, 0.05) is 17.2 Å². The summed E-state index contributed by atoms with van der Waals surface area (Å²) in [4.78, 5) is 10.7. The van der Waals surface area contributed by atoms with E-state index in [-0.39, 0.29) is 30.4 Å². The summed E-state index contributed by atoms with van der Waals surface area (Å²) >= 11 is 0. The van der Waals surface area contributed by atoms with Crippen LogP contribution in [-0.2, 0) is 11.3 Å². The number of carboxylic acid groups (broad SMARTS) is 1. The summed E-state index contributed by atoms with van der Waals surface area (Å²) in [6.07, 6.45) is 0. The minimum Gasteiger partial charge on any atom is -0.475 e. The van der Waals surface area contributed by atoms with Gasteiger partial charge in [0.25, 0.3) is 0 Å². The molecule has 1 aliphatic rings. The minimum atomic E-state index is -1.26. The molecule has 0 spiro atoms. The molecule has 7 heteroatoms. The summed E-state index contributed by atoms with van der Waals surface area (Å²) in [6, 6.07) is 3.89. The highest BCUT2D eigenvalue weighted by Crippen LogP contribution is 2.32. The molecule has 19 heavy (non-hydrogen) atoms. The molecule has 0 saturated carbocycles. The second-order valence-corrected chi connectivity index (χ2v) is 3.93. The molecule has 1 aromatic carbocycles. The predicted molar refractivity (Wildman–Crippen MR) is 59.1 cm³/mol. The molecule has 98 valence electrons. The van der Waals surface area contributed by atoms with Gasteiger partial charge in [0.15, 0.2) is 6.79 Å². The van der Waals surface area contributed by atoms with Crippen LogP contribution in [0, 0.1) is 5.82 Å². The van der Waals surface area contributed by atoms with Gasteiger partial charge >= 0.3 is 5.97 Å². The predicted octanol–water partition coefficient (Wildman–Crippen LogP) is 2.05. The first kappa shape index (κ1) is 11.7. The Hall–Kier alpha value is -2.41. The lowest BCUT2D eigenvalue weighted by Gasteiger charge is -2.18. The number of carbonyl (C=O) groups is 1. The molecule has 1 aromatic heterocycles. The first-order valence-corrected chi connectivity index (χ1v) is 5.38. The summed E-state index contributed by atoms with van der Waals surface area (Å²) in [5, 5.41) is 12.3. The Morgan fingerprint density at radius 1 is 1.37 bits per heavy atom. The standard InChI is InChI=1S/C12H8FNO5/c13-8-1-6-4-17-5-18-10(6)2-7(8)9-3-11(12(15)16)19-14-9/h1-3H,4-5H2,(H,15,16). The van der Waals surface area contributed by atoms with Gasteiger partial charge in [-0.3, -0.25) is 0 Å². The number of hydrogen-bond acceptors (Lipinski definition) is 5. The van der Waals surface area contributed by atoms with Crippen LogP contribution in [0.5, 0.6) is 5.75 Å². The van der Waals surface area contributed by atoms with E-state index in [1.165, 1.54) is 12.1 Å². The van der Waals surface area contributed by atoms with Crippen molar-refractivity contribution in [1.29, 1.82) is 0 Å². The monoisotopic (exact) mass is 265 g/mol. The fourth-order valence-corrected chi connectivity index (χ4v) is 1.80. The molecule has 1 aliphatic heterocycles. The van der Waals surface area contributed by atoms with Crippen molar-refractivity contribution in [3.63, 3.8) is 0 Å². The largest absolute Gasteiger partial charge is 0.475 e. The van der Waals surface area contributed by atoms with Gasteiger partial charge in [-0.05, 0) is 12.1 Å². The van der Waals surface area contributed by atoms with Gasteiger partial charge in [-0.25, -0.2) is 9.18 Å². The van der Waals surface area contributed by atoms with Gasteiger partial charge in [-0.1, -0.05) is 5.16 Å². The number of halogens is 1. The van der Waals surface area contributed by atoms with Crippen LogP contribution in [0.1, 0.15) is 16.1 Å². The molecular weight excluding hydrogens is 257 g/mol. The number of hydrogen-bond donors (Lipinski definition) is 1. The number of rotatable bonds is 2. The molecule has 0 saturated heterocycles. The second-order valence-electron chi connectivity index (χ2n) is 3.93. The maximum Gasteiger partial charge on any atom is 0.374 e. The Morgan fingerprint density at radius 3 is 2.95 bits per heavy atom. The van der Waals surface area contributed by atoms with Crippen molar-refractivity contribution in [3.05, 3.63) is 35.3 Å². The number of carboxylic acids is 1. The van der Waals surface area contributed by atoms with Crippen molar-refractivity contribution >= 4 is 5.97 Å². The molecular formula is C12H8FNO5. The van der Waals surface area contributed by atoms with Crippen molar-refractivity contribution in [2.24, 2.45) is 0 Å². The molecule has 0 radical (unpaired) electrons. The summed E-state index contributed by atoms with van der Waals surface area (Å²) in [5.74, 6) is -1.67. The number of nitrogens with zero attached hydrogens (tertiary/aromatic N) is 1. The SMILES string of the molecule is O=C(O)c1cc(-c2cc3c(cc2F)COCO3)no1. The molecule has 1 N–H and O–H groups in total. The second kappa shape index (κ2) is 4.36. The van der Waals surface area contributed by atoms with Crippen LogP contribution in [-0.4, -0.2) is 23.0 Å². The van der Waals surface area contributed by atoms with Gasteiger partial charge in [-0.2, -0.15) is 0 Å². The highest BCUT2D eigenvalue weighted by molar-refractivity contribution is 5.85. The third-order valence-corrected chi connectivity index (χ3v) is 2.70. The number of aromatic carboxylic acids is 1.